The lowest BCUT2D eigenvalue weighted by atomic mass is 9.96. The Bertz CT molecular complexity index is 1020. The van der Waals surface area contributed by atoms with Crippen LogP contribution in [0.25, 0.3) is 0 Å². The van der Waals surface area contributed by atoms with E-state index in [0.29, 0.717) is 11.3 Å². The van der Waals surface area contributed by atoms with E-state index in [1.807, 2.05) is 0 Å². The van der Waals surface area contributed by atoms with Crippen LogP contribution in [0.2, 0.25) is 0 Å². The third kappa shape index (κ3) is 6.48. The van der Waals surface area contributed by atoms with E-state index in [4.69, 9.17) is 0 Å². The molecule has 0 saturated heterocycles. The zero-order valence-electron chi connectivity index (χ0n) is 17.4. The maximum absolute atomic E-state index is 12.8. The first-order valence-corrected chi connectivity index (χ1v) is 11.8. The standard InChI is InChI=1S/C21H27N5O4S/c1-15-13-24-18(14-23-15)20(27)22-12-11-16-7-5-6-10-19(16)31(29,30)26-21(28)25-17-8-3-2-4-9-17/h5-7,10,13-14,17H,2-4,8-9,11-12H2,1H3,(H,22,27)(H2,25,26,28). The molecule has 0 aliphatic heterocycles. The van der Waals surface area contributed by atoms with Gasteiger partial charge in [0.05, 0.1) is 16.8 Å². The molecule has 1 aromatic heterocycles. The molecule has 0 unspecified atom stereocenters. The van der Waals surface area contributed by atoms with Crippen LogP contribution in [0.4, 0.5) is 4.79 Å². The fraction of sp³-hybridized carbons (Fsp3) is 0.429. The first-order chi connectivity index (χ1) is 14.8. The molecule has 9 nitrogen and oxygen atoms in total. The third-order valence-electron chi connectivity index (χ3n) is 5.12. The highest BCUT2D eigenvalue weighted by molar-refractivity contribution is 7.90. The second kappa shape index (κ2) is 10.3. The number of nitrogens with one attached hydrogen (secondary N) is 3. The smallest absolute Gasteiger partial charge is 0.328 e. The Morgan fingerprint density at radius 1 is 1.06 bits per heavy atom. The van der Waals surface area contributed by atoms with Gasteiger partial charge in [0.1, 0.15) is 5.69 Å². The van der Waals surface area contributed by atoms with Crippen LogP contribution in [0, 0.1) is 6.92 Å². The SMILES string of the molecule is Cc1cnc(C(=O)NCCc2ccccc2S(=O)(=O)NC(=O)NC2CCCCC2)cn1. The van der Waals surface area contributed by atoms with Crippen LogP contribution in [0.5, 0.6) is 0 Å². The van der Waals surface area contributed by atoms with Gasteiger partial charge in [0.15, 0.2) is 0 Å². The molecule has 1 aliphatic rings. The first-order valence-electron chi connectivity index (χ1n) is 10.3. The molecule has 1 heterocycles. The van der Waals surface area contributed by atoms with Crippen molar-refractivity contribution in [1.29, 1.82) is 0 Å². The lowest BCUT2D eigenvalue weighted by molar-refractivity contribution is 0.0948. The first kappa shape index (κ1) is 22.7. The summed E-state index contributed by atoms with van der Waals surface area (Å²) < 4.78 is 27.7. The molecule has 31 heavy (non-hydrogen) atoms. The molecule has 0 atom stereocenters. The van der Waals surface area contributed by atoms with Crippen molar-refractivity contribution in [2.24, 2.45) is 0 Å². The van der Waals surface area contributed by atoms with Crippen LogP contribution in [-0.2, 0) is 16.4 Å². The topological polar surface area (TPSA) is 130 Å². The minimum Gasteiger partial charge on any atom is -0.350 e. The number of rotatable bonds is 7. The van der Waals surface area contributed by atoms with Gasteiger partial charge in [0.2, 0.25) is 0 Å². The van der Waals surface area contributed by atoms with E-state index in [9.17, 15) is 18.0 Å². The Hall–Kier alpha value is -3.01. The second-order valence-corrected chi connectivity index (χ2v) is 9.22. The van der Waals surface area contributed by atoms with E-state index in [0.717, 1.165) is 32.1 Å². The number of amides is 3. The number of aryl methyl sites for hydroxylation is 1. The molecule has 3 rings (SSSR count). The van der Waals surface area contributed by atoms with Crippen molar-refractivity contribution >= 4 is 22.0 Å². The number of urea groups is 1. The van der Waals surface area contributed by atoms with Crippen molar-refractivity contribution in [3.63, 3.8) is 0 Å². The van der Waals surface area contributed by atoms with Crippen LogP contribution < -0.4 is 15.4 Å². The number of sulfonamides is 1. The maximum atomic E-state index is 12.8. The molecule has 3 amide bonds. The van der Waals surface area contributed by atoms with Crippen molar-refractivity contribution in [2.45, 2.75) is 56.4 Å². The Kier molecular flexibility index (Phi) is 7.56. The monoisotopic (exact) mass is 445 g/mol. The summed E-state index contributed by atoms with van der Waals surface area (Å²) in [5.41, 5.74) is 1.39. The fourth-order valence-corrected chi connectivity index (χ4v) is 4.71. The number of carbonyl (C=O) groups excluding carboxylic acids is 2. The quantitative estimate of drug-likeness (QED) is 0.598. The minimum absolute atomic E-state index is 0.000667. The van der Waals surface area contributed by atoms with Crippen LogP contribution >= 0.6 is 0 Å². The number of aromatic nitrogens is 2. The average Bonchev–Trinajstić information content (AvgIpc) is 2.74. The molecular weight excluding hydrogens is 418 g/mol. The number of nitrogens with zero attached hydrogens (tertiary/aromatic N) is 2. The Labute approximate surface area is 182 Å². The molecule has 3 N–H and O–H groups in total. The van der Waals surface area contributed by atoms with E-state index in [1.165, 1.54) is 18.5 Å². The van der Waals surface area contributed by atoms with E-state index >= 15 is 0 Å². The third-order valence-corrected chi connectivity index (χ3v) is 6.55. The molecule has 1 aromatic carbocycles. The summed E-state index contributed by atoms with van der Waals surface area (Å²) in [5.74, 6) is -0.391. The van der Waals surface area contributed by atoms with Gasteiger partial charge in [-0.2, -0.15) is 0 Å². The molecule has 0 bridgehead atoms. The van der Waals surface area contributed by atoms with Gasteiger partial charge in [-0.25, -0.2) is 22.9 Å². The maximum Gasteiger partial charge on any atom is 0.328 e. The zero-order chi connectivity index (χ0) is 22.3. The molecule has 1 saturated carbocycles. The van der Waals surface area contributed by atoms with Gasteiger partial charge in [0.25, 0.3) is 15.9 Å². The molecule has 0 spiro atoms. The summed E-state index contributed by atoms with van der Waals surface area (Å²) in [7, 11) is -4.05. The molecule has 1 aliphatic carbocycles. The zero-order valence-corrected chi connectivity index (χ0v) is 18.2. The van der Waals surface area contributed by atoms with Crippen molar-refractivity contribution in [2.75, 3.05) is 6.54 Å². The van der Waals surface area contributed by atoms with Crippen molar-refractivity contribution in [3.8, 4) is 0 Å². The van der Waals surface area contributed by atoms with Crippen molar-refractivity contribution < 1.29 is 18.0 Å². The Morgan fingerprint density at radius 2 is 1.81 bits per heavy atom. The Balaban J connectivity index is 1.59. The van der Waals surface area contributed by atoms with Gasteiger partial charge >= 0.3 is 6.03 Å². The van der Waals surface area contributed by atoms with Crippen LogP contribution in [0.3, 0.4) is 0 Å². The minimum atomic E-state index is -4.05. The molecular formula is C21H27N5O4S. The van der Waals surface area contributed by atoms with Gasteiger partial charge < -0.3 is 10.6 Å². The largest absolute Gasteiger partial charge is 0.350 e. The predicted octanol–water partition coefficient (Wildman–Crippen LogP) is 2.08. The summed E-state index contributed by atoms with van der Waals surface area (Å²) in [6.07, 6.45) is 8.06. The van der Waals surface area contributed by atoms with E-state index in [1.54, 1.807) is 25.1 Å². The molecule has 10 heteroatoms. The molecule has 0 radical (unpaired) electrons. The second-order valence-electron chi connectivity index (χ2n) is 7.57. The van der Waals surface area contributed by atoms with Crippen LogP contribution in [-0.4, -0.2) is 42.9 Å². The van der Waals surface area contributed by atoms with Gasteiger partial charge in [0, 0.05) is 18.8 Å². The van der Waals surface area contributed by atoms with Gasteiger partial charge in [-0.15, -0.1) is 0 Å². The highest BCUT2D eigenvalue weighted by Gasteiger charge is 2.23. The van der Waals surface area contributed by atoms with Gasteiger partial charge in [-0.3, -0.25) is 9.78 Å². The Morgan fingerprint density at radius 3 is 2.52 bits per heavy atom. The molecule has 2 aromatic rings. The van der Waals surface area contributed by atoms with Crippen LogP contribution in [0.15, 0.2) is 41.6 Å². The van der Waals surface area contributed by atoms with Crippen LogP contribution in [0.1, 0.15) is 53.8 Å². The van der Waals surface area contributed by atoms with E-state index in [-0.39, 0.29) is 29.6 Å². The summed E-state index contributed by atoms with van der Waals surface area (Å²) >= 11 is 0. The summed E-state index contributed by atoms with van der Waals surface area (Å²) in [6, 6.07) is 5.69. The van der Waals surface area contributed by atoms with Crippen molar-refractivity contribution in [1.82, 2.24) is 25.3 Å². The lowest BCUT2D eigenvalue weighted by Crippen LogP contribution is -2.45. The van der Waals surface area contributed by atoms with Crippen molar-refractivity contribution in [3.05, 3.63) is 53.6 Å². The number of benzene rings is 1. The fourth-order valence-electron chi connectivity index (χ4n) is 3.52. The summed E-state index contributed by atoms with van der Waals surface area (Å²) in [6.45, 7) is 1.98. The van der Waals surface area contributed by atoms with E-state index < -0.39 is 22.0 Å². The highest BCUT2D eigenvalue weighted by atomic mass is 32.2. The highest BCUT2D eigenvalue weighted by Crippen LogP contribution is 2.18. The predicted molar refractivity (Wildman–Crippen MR) is 115 cm³/mol. The van der Waals surface area contributed by atoms with E-state index in [2.05, 4.69) is 25.3 Å². The molecule has 166 valence electrons. The normalized spacial score (nSPS) is 14.6. The van der Waals surface area contributed by atoms with Gasteiger partial charge in [-0.05, 0) is 37.8 Å². The number of hydrogen-bond donors (Lipinski definition) is 3. The number of hydrogen-bond acceptors (Lipinski definition) is 6. The van der Waals surface area contributed by atoms with Gasteiger partial charge in [-0.1, -0.05) is 37.5 Å². The lowest BCUT2D eigenvalue weighted by Gasteiger charge is -2.23. The molecule has 1 fully saturated rings. The number of carbonyl (C=O) groups is 2. The summed E-state index contributed by atoms with van der Waals surface area (Å²) in [5, 5.41) is 5.45. The summed E-state index contributed by atoms with van der Waals surface area (Å²) in [4.78, 5) is 32.5. The average molecular weight is 446 g/mol.